The van der Waals surface area contributed by atoms with E-state index in [2.05, 4.69) is 31.2 Å². The molecule has 1 aliphatic carbocycles. The number of carboxylic acid groups (broad SMARTS) is 1. The lowest BCUT2D eigenvalue weighted by atomic mass is 9.67. The topological polar surface area (TPSA) is 40.5 Å². The number of fused-ring (bicyclic) bond motifs is 1. The molecular formula is C22H25Cl2NO2. The predicted molar refractivity (Wildman–Crippen MR) is 111 cm³/mol. The van der Waals surface area contributed by atoms with Gasteiger partial charge in [-0.05, 0) is 73.7 Å². The first-order chi connectivity index (χ1) is 12.8. The maximum Gasteiger partial charge on any atom is 0.320 e. The summed E-state index contributed by atoms with van der Waals surface area (Å²) in [5.74, 6) is -0.606. The Bertz CT molecular complexity index is 837. The number of rotatable bonds is 6. The van der Waals surface area contributed by atoms with E-state index in [0.717, 1.165) is 17.9 Å². The fraction of sp³-hybridized carbons (Fsp3) is 0.409. The largest absolute Gasteiger partial charge is 0.480 e. The highest BCUT2D eigenvalue weighted by molar-refractivity contribution is 6.31. The van der Waals surface area contributed by atoms with Crippen molar-refractivity contribution in [2.45, 2.75) is 38.1 Å². The molecule has 1 N–H and O–H groups in total. The molecule has 0 aromatic heterocycles. The van der Waals surface area contributed by atoms with Gasteiger partial charge >= 0.3 is 5.97 Å². The second-order valence-electron chi connectivity index (χ2n) is 7.63. The molecule has 0 bridgehead atoms. The molecule has 0 amide bonds. The van der Waals surface area contributed by atoms with Gasteiger partial charge in [0.05, 0.1) is 0 Å². The molecule has 3 nitrogen and oxygen atoms in total. The SMILES string of the molecule is CC(C(=O)O)N(C)C[C@@H](C)[C@@]1(c2ccc(Cl)cc2)CCc2ccc(Cl)cc21. The fourth-order valence-electron chi connectivity index (χ4n) is 4.43. The van der Waals surface area contributed by atoms with Crippen molar-refractivity contribution < 1.29 is 9.90 Å². The zero-order valence-corrected chi connectivity index (χ0v) is 17.4. The Morgan fingerprint density at radius 3 is 2.41 bits per heavy atom. The Kier molecular flexibility index (Phi) is 5.85. The molecular weight excluding hydrogens is 381 g/mol. The molecule has 0 radical (unpaired) electrons. The van der Waals surface area contributed by atoms with Gasteiger partial charge in [-0.25, -0.2) is 0 Å². The van der Waals surface area contributed by atoms with Crippen LogP contribution in [-0.2, 0) is 16.6 Å². The molecule has 5 heteroatoms. The van der Waals surface area contributed by atoms with Crippen molar-refractivity contribution in [1.29, 1.82) is 0 Å². The van der Waals surface area contributed by atoms with Gasteiger partial charge in [-0.3, -0.25) is 9.69 Å². The number of aryl methyl sites for hydroxylation is 1. The minimum atomic E-state index is -0.805. The van der Waals surface area contributed by atoms with Crippen molar-refractivity contribution in [2.75, 3.05) is 13.6 Å². The van der Waals surface area contributed by atoms with Crippen LogP contribution in [0, 0.1) is 5.92 Å². The average molecular weight is 406 g/mol. The summed E-state index contributed by atoms with van der Waals surface area (Å²) in [6.07, 6.45) is 1.96. The lowest BCUT2D eigenvalue weighted by Crippen LogP contribution is -2.44. The predicted octanol–water partition coefficient (Wildman–Crippen LogP) is 5.27. The van der Waals surface area contributed by atoms with Crippen molar-refractivity contribution in [3.8, 4) is 0 Å². The van der Waals surface area contributed by atoms with Gasteiger partial charge in [0.25, 0.3) is 0 Å². The Morgan fingerprint density at radius 1 is 1.15 bits per heavy atom. The van der Waals surface area contributed by atoms with Crippen molar-refractivity contribution in [3.05, 3.63) is 69.2 Å². The molecule has 3 rings (SSSR count). The molecule has 0 fully saturated rings. The first kappa shape index (κ1) is 20.2. The van der Waals surface area contributed by atoms with Gasteiger partial charge in [0.15, 0.2) is 0 Å². The van der Waals surface area contributed by atoms with Gasteiger partial charge in [-0.15, -0.1) is 0 Å². The molecule has 0 saturated carbocycles. The number of carboxylic acids is 1. The van der Waals surface area contributed by atoms with Crippen LogP contribution in [0.4, 0.5) is 0 Å². The molecule has 0 saturated heterocycles. The Balaban J connectivity index is 2.06. The van der Waals surface area contributed by atoms with Crippen LogP contribution in [0.1, 0.15) is 37.0 Å². The second kappa shape index (κ2) is 7.83. The minimum absolute atomic E-state index is 0.199. The molecule has 2 aromatic rings. The van der Waals surface area contributed by atoms with E-state index in [1.165, 1.54) is 16.7 Å². The lowest BCUT2D eigenvalue weighted by molar-refractivity contribution is -0.142. The Labute approximate surface area is 170 Å². The molecule has 3 atom stereocenters. The molecule has 27 heavy (non-hydrogen) atoms. The first-order valence-electron chi connectivity index (χ1n) is 9.23. The van der Waals surface area contributed by atoms with E-state index in [-0.39, 0.29) is 11.3 Å². The van der Waals surface area contributed by atoms with Crippen LogP contribution in [0.2, 0.25) is 10.0 Å². The summed E-state index contributed by atoms with van der Waals surface area (Å²) >= 11 is 12.5. The standard InChI is InChI=1S/C22H25Cl2NO2/c1-14(13-25(3)15(2)21(26)27)22(17-5-8-18(23)9-6-17)11-10-16-4-7-19(24)12-20(16)22/h4-9,12,14-15H,10-11,13H2,1-3H3,(H,26,27)/t14-,15?,22-/m1/s1. The van der Waals surface area contributed by atoms with Gasteiger partial charge in [0.1, 0.15) is 6.04 Å². The lowest BCUT2D eigenvalue weighted by Gasteiger charge is -2.40. The monoisotopic (exact) mass is 405 g/mol. The molecule has 0 aliphatic heterocycles. The zero-order chi connectivity index (χ0) is 19.8. The van der Waals surface area contributed by atoms with E-state index in [1.54, 1.807) is 6.92 Å². The number of nitrogens with zero attached hydrogens (tertiary/aromatic N) is 1. The number of halogens is 2. The van der Waals surface area contributed by atoms with Crippen LogP contribution >= 0.6 is 23.2 Å². The first-order valence-corrected chi connectivity index (χ1v) is 9.99. The van der Waals surface area contributed by atoms with Gasteiger partial charge in [0.2, 0.25) is 0 Å². The fourth-order valence-corrected chi connectivity index (χ4v) is 4.72. The molecule has 2 aromatic carbocycles. The van der Waals surface area contributed by atoms with E-state index >= 15 is 0 Å². The van der Waals surface area contributed by atoms with E-state index in [0.29, 0.717) is 11.6 Å². The zero-order valence-electron chi connectivity index (χ0n) is 15.9. The van der Waals surface area contributed by atoms with Crippen LogP contribution < -0.4 is 0 Å². The van der Waals surface area contributed by atoms with Gasteiger partial charge in [0, 0.05) is 22.0 Å². The number of aliphatic carboxylic acids is 1. The maximum atomic E-state index is 11.4. The van der Waals surface area contributed by atoms with E-state index in [4.69, 9.17) is 23.2 Å². The molecule has 0 heterocycles. The van der Waals surface area contributed by atoms with Crippen LogP contribution in [0.25, 0.3) is 0 Å². The maximum absolute atomic E-state index is 11.4. The van der Waals surface area contributed by atoms with E-state index in [9.17, 15) is 9.90 Å². The quantitative estimate of drug-likeness (QED) is 0.711. The summed E-state index contributed by atoms with van der Waals surface area (Å²) in [6, 6.07) is 13.7. The van der Waals surface area contributed by atoms with Crippen LogP contribution in [0.15, 0.2) is 42.5 Å². The molecule has 1 unspecified atom stereocenters. The summed E-state index contributed by atoms with van der Waals surface area (Å²) in [5, 5.41) is 10.8. The van der Waals surface area contributed by atoms with E-state index in [1.807, 2.05) is 30.1 Å². The average Bonchev–Trinajstić information content (AvgIpc) is 3.01. The number of hydrogen-bond acceptors (Lipinski definition) is 2. The number of carbonyl (C=O) groups is 1. The van der Waals surface area contributed by atoms with Crippen LogP contribution in [0.5, 0.6) is 0 Å². The van der Waals surface area contributed by atoms with E-state index < -0.39 is 12.0 Å². The van der Waals surface area contributed by atoms with Crippen LogP contribution in [0.3, 0.4) is 0 Å². The molecule has 0 spiro atoms. The van der Waals surface area contributed by atoms with Crippen LogP contribution in [-0.4, -0.2) is 35.6 Å². The second-order valence-corrected chi connectivity index (χ2v) is 8.51. The molecule has 1 aliphatic rings. The highest BCUT2D eigenvalue weighted by Gasteiger charge is 2.45. The molecule has 144 valence electrons. The smallest absolute Gasteiger partial charge is 0.320 e. The summed E-state index contributed by atoms with van der Waals surface area (Å²) < 4.78 is 0. The summed E-state index contributed by atoms with van der Waals surface area (Å²) in [5.41, 5.74) is 3.56. The van der Waals surface area contributed by atoms with Crippen molar-refractivity contribution in [1.82, 2.24) is 4.90 Å². The third kappa shape index (κ3) is 3.73. The summed E-state index contributed by atoms with van der Waals surface area (Å²) in [4.78, 5) is 13.3. The van der Waals surface area contributed by atoms with Crippen molar-refractivity contribution in [2.24, 2.45) is 5.92 Å². The Morgan fingerprint density at radius 2 is 1.78 bits per heavy atom. The highest BCUT2D eigenvalue weighted by Crippen LogP contribution is 2.50. The number of likely N-dealkylation sites (N-methyl/N-ethyl adjacent to an activating group) is 1. The number of benzene rings is 2. The Hall–Kier alpha value is -1.55. The van der Waals surface area contributed by atoms with Gasteiger partial charge < -0.3 is 5.11 Å². The third-order valence-corrected chi connectivity index (χ3v) is 6.61. The summed E-state index contributed by atoms with van der Waals surface area (Å²) in [7, 11) is 1.87. The van der Waals surface area contributed by atoms with Gasteiger partial charge in [-0.1, -0.05) is 48.3 Å². The van der Waals surface area contributed by atoms with Crippen molar-refractivity contribution >= 4 is 29.2 Å². The normalized spacial score (nSPS) is 21.1. The number of hydrogen-bond donors (Lipinski definition) is 1. The summed E-state index contributed by atoms with van der Waals surface area (Å²) in [6.45, 7) is 4.60. The van der Waals surface area contributed by atoms with Gasteiger partial charge in [-0.2, -0.15) is 0 Å². The minimum Gasteiger partial charge on any atom is -0.480 e. The highest BCUT2D eigenvalue weighted by atomic mass is 35.5. The van der Waals surface area contributed by atoms with Crippen molar-refractivity contribution in [3.63, 3.8) is 0 Å². The third-order valence-electron chi connectivity index (χ3n) is 6.12.